The van der Waals surface area contributed by atoms with E-state index >= 15 is 0 Å². The van der Waals surface area contributed by atoms with Gasteiger partial charge in [-0.2, -0.15) is 10.9 Å². The summed E-state index contributed by atoms with van der Waals surface area (Å²) < 4.78 is 0. The highest BCUT2D eigenvalue weighted by molar-refractivity contribution is 8.22. The van der Waals surface area contributed by atoms with Crippen molar-refractivity contribution >= 4 is 22.8 Å². The van der Waals surface area contributed by atoms with E-state index in [1.807, 2.05) is 12.1 Å². The van der Waals surface area contributed by atoms with E-state index in [4.69, 9.17) is 10.2 Å². The summed E-state index contributed by atoms with van der Waals surface area (Å²) in [6, 6.07) is 9.92. The minimum absolute atomic E-state index is 0.128. The lowest BCUT2D eigenvalue weighted by molar-refractivity contribution is -0.136. The number of carboxylic acids is 2. The number of carbonyl (C=O) groups is 2. The molecular weight excluding hydrogens is 240 g/mol. The van der Waals surface area contributed by atoms with Crippen LogP contribution in [0.4, 0.5) is 0 Å². The highest BCUT2D eigenvalue weighted by Crippen LogP contribution is 2.46. The molecule has 0 aliphatic carbocycles. The normalized spacial score (nSPS) is 16.4. The van der Waals surface area contributed by atoms with E-state index in [0.29, 0.717) is 0 Å². The van der Waals surface area contributed by atoms with Crippen molar-refractivity contribution in [1.29, 1.82) is 0 Å². The number of aliphatic carboxylic acids is 2. The summed E-state index contributed by atoms with van der Waals surface area (Å²) in [5, 5.41) is 20.9. The topological polar surface area (TPSA) is 74.6 Å². The highest BCUT2D eigenvalue weighted by Gasteiger charge is 2.26. The number of benzene rings is 1. The second-order valence-corrected chi connectivity index (χ2v) is 5.21. The fourth-order valence-corrected chi connectivity index (χ4v) is 3.42. The Morgan fingerprint density at radius 1 is 1.00 bits per heavy atom. The molecular formula is C12H9O4S. The third-order valence-corrected chi connectivity index (χ3v) is 4.25. The second-order valence-electron chi connectivity index (χ2n) is 3.36. The Morgan fingerprint density at radius 2 is 1.47 bits per heavy atom. The van der Waals surface area contributed by atoms with Gasteiger partial charge < -0.3 is 10.2 Å². The standard InChI is InChI=1S/C12H9O4S/c13-11(14)9-6-17(7-10(9)12(15)16)8-4-2-1-3-5-8/h2-7,17H,(H,13,14)(H,15,16). The molecule has 1 aromatic rings. The van der Waals surface area contributed by atoms with Crippen LogP contribution >= 0.6 is 10.9 Å². The average Bonchev–Trinajstić information content (AvgIpc) is 2.75. The van der Waals surface area contributed by atoms with E-state index in [9.17, 15) is 9.59 Å². The molecule has 1 aliphatic heterocycles. The average molecular weight is 249 g/mol. The first kappa shape index (κ1) is 11.5. The maximum atomic E-state index is 10.9. The van der Waals surface area contributed by atoms with Crippen molar-refractivity contribution < 1.29 is 19.8 Å². The summed E-state index contributed by atoms with van der Waals surface area (Å²) in [6.07, 6.45) is 0. The van der Waals surface area contributed by atoms with Gasteiger partial charge in [-0.25, -0.2) is 9.59 Å². The first-order valence-electron chi connectivity index (χ1n) is 4.74. The van der Waals surface area contributed by atoms with Crippen LogP contribution in [0.15, 0.2) is 51.1 Å². The van der Waals surface area contributed by atoms with Gasteiger partial charge in [0.1, 0.15) is 0 Å². The quantitative estimate of drug-likeness (QED) is 0.714. The zero-order chi connectivity index (χ0) is 12.4. The van der Waals surface area contributed by atoms with Crippen molar-refractivity contribution in [2.75, 3.05) is 0 Å². The molecule has 0 unspecified atom stereocenters. The Morgan fingerprint density at radius 3 is 1.88 bits per heavy atom. The van der Waals surface area contributed by atoms with Crippen molar-refractivity contribution in [2.24, 2.45) is 0 Å². The van der Waals surface area contributed by atoms with Gasteiger partial charge in [-0.1, -0.05) is 12.1 Å². The molecule has 0 atom stereocenters. The van der Waals surface area contributed by atoms with Gasteiger partial charge in [0.2, 0.25) is 0 Å². The summed E-state index contributed by atoms with van der Waals surface area (Å²) in [6.45, 7) is 0. The van der Waals surface area contributed by atoms with Crippen LogP contribution in [-0.2, 0) is 9.59 Å². The maximum Gasteiger partial charge on any atom is 0.337 e. The van der Waals surface area contributed by atoms with Gasteiger partial charge in [0, 0.05) is 0 Å². The minimum atomic E-state index is -1.20. The molecule has 17 heavy (non-hydrogen) atoms. The van der Waals surface area contributed by atoms with Gasteiger partial charge in [-0.15, -0.1) is 0 Å². The lowest BCUT2D eigenvalue weighted by Crippen LogP contribution is -2.08. The van der Waals surface area contributed by atoms with Crippen molar-refractivity contribution in [3.05, 3.63) is 52.3 Å². The van der Waals surface area contributed by atoms with Crippen LogP contribution in [0.3, 0.4) is 0 Å². The fraction of sp³-hybridized carbons (Fsp3) is 0. The predicted molar refractivity (Wildman–Crippen MR) is 64.0 cm³/mol. The summed E-state index contributed by atoms with van der Waals surface area (Å²) in [7, 11) is -0.989. The van der Waals surface area contributed by atoms with Crippen molar-refractivity contribution in [3.8, 4) is 0 Å². The molecule has 1 aromatic carbocycles. The van der Waals surface area contributed by atoms with Crippen LogP contribution in [0, 0.1) is 6.07 Å². The number of hydrogen-bond donors (Lipinski definition) is 3. The van der Waals surface area contributed by atoms with E-state index in [1.54, 1.807) is 12.1 Å². The van der Waals surface area contributed by atoms with Crippen molar-refractivity contribution in [1.82, 2.24) is 0 Å². The Bertz CT molecular complexity index is 501. The smallest absolute Gasteiger partial charge is 0.337 e. The second kappa shape index (κ2) is 4.47. The molecule has 5 heteroatoms. The highest BCUT2D eigenvalue weighted by atomic mass is 32.2. The molecule has 0 amide bonds. The molecule has 0 bridgehead atoms. The zero-order valence-electron chi connectivity index (χ0n) is 8.62. The first-order valence-corrected chi connectivity index (χ1v) is 6.22. The SMILES string of the molecule is O=C(O)C1=C[SH](c2cc[c]cc2)C=C1C(=O)O. The van der Waals surface area contributed by atoms with Crippen LogP contribution in [0.25, 0.3) is 0 Å². The number of rotatable bonds is 3. The van der Waals surface area contributed by atoms with Crippen molar-refractivity contribution in [2.45, 2.75) is 4.90 Å². The third-order valence-electron chi connectivity index (χ3n) is 2.29. The summed E-state index contributed by atoms with van der Waals surface area (Å²) >= 11 is 0. The Kier molecular flexibility index (Phi) is 3.01. The first-order chi connectivity index (χ1) is 8.09. The summed E-state index contributed by atoms with van der Waals surface area (Å²) in [5.74, 6) is -2.41. The largest absolute Gasteiger partial charge is 0.478 e. The predicted octanol–water partition coefficient (Wildman–Crippen LogP) is 1.80. The molecule has 87 valence electrons. The van der Waals surface area contributed by atoms with Gasteiger partial charge in [-0.05, 0) is 33.9 Å². The van der Waals surface area contributed by atoms with Gasteiger partial charge >= 0.3 is 11.9 Å². The molecule has 2 N–H and O–H groups in total. The van der Waals surface area contributed by atoms with Crippen molar-refractivity contribution in [3.63, 3.8) is 0 Å². The molecule has 1 aliphatic rings. The molecule has 1 heterocycles. The molecule has 0 saturated heterocycles. The van der Waals surface area contributed by atoms with E-state index in [0.717, 1.165) is 4.90 Å². The minimum Gasteiger partial charge on any atom is -0.478 e. The van der Waals surface area contributed by atoms with E-state index in [1.165, 1.54) is 10.8 Å². The van der Waals surface area contributed by atoms with Crippen LogP contribution in [0.2, 0.25) is 0 Å². The summed E-state index contributed by atoms with van der Waals surface area (Å²) in [5.41, 5.74) is -0.257. The molecule has 2 rings (SSSR count). The van der Waals surface area contributed by atoms with Gasteiger partial charge in [-0.3, -0.25) is 0 Å². The molecule has 0 fully saturated rings. The lowest BCUT2D eigenvalue weighted by atomic mass is 10.1. The van der Waals surface area contributed by atoms with Gasteiger partial charge in [0.15, 0.2) is 0 Å². The van der Waals surface area contributed by atoms with E-state index < -0.39 is 22.8 Å². The fourth-order valence-electron chi connectivity index (χ4n) is 1.49. The Balaban J connectivity index is 2.41. The molecule has 0 spiro atoms. The van der Waals surface area contributed by atoms with Crippen LogP contribution in [-0.4, -0.2) is 22.2 Å². The summed E-state index contributed by atoms with van der Waals surface area (Å²) in [4.78, 5) is 22.8. The lowest BCUT2D eigenvalue weighted by Gasteiger charge is -2.08. The molecule has 0 aromatic heterocycles. The monoisotopic (exact) mass is 249 g/mol. The van der Waals surface area contributed by atoms with Crippen LogP contribution in [0.5, 0.6) is 0 Å². The number of carboxylic acid groups (broad SMARTS) is 2. The van der Waals surface area contributed by atoms with Gasteiger partial charge in [0.25, 0.3) is 0 Å². The van der Waals surface area contributed by atoms with Gasteiger partial charge in [0.05, 0.1) is 11.1 Å². The Labute approximate surface area is 100 Å². The van der Waals surface area contributed by atoms with Crippen LogP contribution < -0.4 is 0 Å². The number of hydrogen-bond acceptors (Lipinski definition) is 2. The molecule has 0 saturated carbocycles. The van der Waals surface area contributed by atoms with Crippen LogP contribution in [0.1, 0.15) is 0 Å². The van der Waals surface area contributed by atoms with E-state index in [-0.39, 0.29) is 11.1 Å². The zero-order valence-corrected chi connectivity index (χ0v) is 9.52. The number of thiol groups is 1. The third kappa shape index (κ3) is 2.24. The molecule has 1 radical (unpaired) electrons. The maximum absolute atomic E-state index is 10.9. The van der Waals surface area contributed by atoms with E-state index in [2.05, 4.69) is 6.07 Å². The molecule has 4 nitrogen and oxygen atoms in total. The Hall–Kier alpha value is -2.01.